The quantitative estimate of drug-likeness (QED) is 0.828. The maximum Gasteiger partial charge on any atom is 0.273 e. The van der Waals surface area contributed by atoms with E-state index in [-0.39, 0.29) is 12.0 Å². The molecule has 3 rings (SSSR count). The molecule has 1 aromatic heterocycles. The highest BCUT2D eigenvalue weighted by Gasteiger charge is 2.30. The van der Waals surface area contributed by atoms with Crippen LogP contribution in [0, 0.1) is 0 Å². The molecule has 1 saturated heterocycles. The molecule has 1 amide bonds. The fourth-order valence-electron chi connectivity index (χ4n) is 2.97. The van der Waals surface area contributed by atoms with Crippen molar-refractivity contribution in [3.63, 3.8) is 0 Å². The van der Waals surface area contributed by atoms with Gasteiger partial charge in [0.2, 0.25) is 0 Å². The third-order valence-corrected chi connectivity index (χ3v) is 4.63. The number of rotatable bonds is 2. The van der Waals surface area contributed by atoms with Gasteiger partial charge in [0.25, 0.3) is 5.91 Å². The van der Waals surface area contributed by atoms with Crippen LogP contribution >= 0.6 is 15.9 Å². The number of halogens is 1. The van der Waals surface area contributed by atoms with Crippen LogP contribution in [0.15, 0.2) is 4.60 Å². The molecule has 0 N–H and O–H groups in total. The van der Waals surface area contributed by atoms with Crippen LogP contribution in [0.5, 0.6) is 0 Å². The molecule has 1 aromatic rings. The second kappa shape index (κ2) is 5.85. The number of fused-ring (bicyclic) bond motifs is 1. The third-order valence-electron chi connectivity index (χ3n) is 4.08. The van der Waals surface area contributed by atoms with Crippen LogP contribution < -0.4 is 0 Å². The molecular formula is C14H20BrN3O2. The van der Waals surface area contributed by atoms with Crippen LogP contribution in [-0.2, 0) is 17.7 Å². The van der Waals surface area contributed by atoms with Crippen LogP contribution in [0.1, 0.15) is 42.5 Å². The summed E-state index contributed by atoms with van der Waals surface area (Å²) >= 11 is 3.45. The first-order valence-corrected chi connectivity index (χ1v) is 8.15. The topological polar surface area (TPSA) is 47.4 Å². The molecule has 2 aliphatic heterocycles. The number of nitrogens with zero attached hydrogens (tertiary/aromatic N) is 3. The van der Waals surface area contributed by atoms with Gasteiger partial charge in [0.15, 0.2) is 0 Å². The second-order valence-electron chi connectivity index (χ2n) is 5.43. The number of carbonyl (C=O) groups excluding carboxylic acids is 1. The molecule has 110 valence electrons. The smallest absolute Gasteiger partial charge is 0.273 e. The molecule has 5 nitrogen and oxygen atoms in total. The van der Waals surface area contributed by atoms with Gasteiger partial charge >= 0.3 is 0 Å². The maximum absolute atomic E-state index is 12.8. The van der Waals surface area contributed by atoms with Gasteiger partial charge in [-0.05, 0) is 35.2 Å². The minimum absolute atomic E-state index is 0.0847. The Morgan fingerprint density at radius 1 is 1.45 bits per heavy atom. The van der Waals surface area contributed by atoms with E-state index in [0.29, 0.717) is 16.8 Å². The number of carbonyl (C=O) groups is 1. The van der Waals surface area contributed by atoms with Gasteiger partial charge in [-0.3, -0.25) is 4.79 Å². The Bertz CT molecular complexity index is 515. The molecule has 0 saturated carbocycles. The van der Waals surface area contributed by atoms with Crippen molar-refractivity contribution in [3.8, 4) is 0 Å². The molecule has 0 bridgehead atoms. The fourth-order valence-corrected chi connectivity index (χ4v) is 3.56. The predicted molar refractivity (Wildman–Crippen MR) is 78.8 cm³/mol. The summed E-state index contributed by atoms with van der Waals surface area (Å²) < 4.78 is 8.50. The summed E-state index contributed by atoms with van der Waals surface area (Å²) in [6.45, 7) is 5.19. The van der Waals surface area contributed by atoms with Gasteiger partial charge in [0.1, 0.15) is 16.1 Å². The summed E-state index contributed by atoms with van der Waals surface area (Å²) in [5.41, 5.74) is 0.717. The average Bonchev–Trinajstić information content (AvgIpc) is 2.89. The van der Waals surface area contributed by atoms with Crippen molar-refractivity contribution in [1.82, 2.24) is 14.5 Å². The van der Waals surface area contributed by atoms with E-state index in [1.54, 1.807) is 0 Å². The fraction of sp³-hybridized carbons (Fsp3) is 0.714. The van der Waals surface area contributed by atoms with Crippen molar-refractivity contribution >= 4 is 21.8 Å². The Morgan fingerprint density at radius 3 is 3.10 bits per heavy atom. The van der Waals surface area contributed by atoms with E-state index in [2.05, 4.69) is 32.4 Å². The Balaban J connectivity index is 1.84. The van der Waals surface area contributed by atoms with Crippen LogP contribution in [-0.4, -0.2) is 46.2 Å². The molecule has 0 spiro atoms. The van der Waals surface area contributed by atoms with Crippen LogP contribution in [0.25, 0.3) is 0 Å². The van der Waals surface area contributed by atoms with Gasteiger partial charge in [-0.1, -0.05) is 6.92 Å². The lowest BCUT2D eigenvalue weighted by Gasteiger charge is -2.23. The van der Waals surface area contributed by atoms with Crippen molar-refractivity contribution in [2.75, 3.05) is 19.7 Å². The van der Waals surface area contributed by atoms with Crippen molar-refractivity contribution in [3.05, 3.63) is 16.1 Å². The number of imidazole rings is 1. The van der Waals surface area contributed by atoms with Gasteiger partial charge in [-0.2, -0.15) is 0 Å². The summed E-state index contributed by atoms with van der Waals surface area (Å²) in [4.78, 5) is 19.2. The van der Waals surface area contributed by atoms with Gasteiger partial charge in [0, 0.05) is 32.7 Å². The molecule has 20 heavy (non-hydrogen) atoms. The Labute approximate surface area is 127 Å². The highest BCUT2D eigenvalue weighted by molar-refractivity contribution is 9.10. The number of ether oxygens (including phenoxy) is 1. The Morgan fingerprint density at radius 2 is 2.30 bits per heavy atom. The zero-order valence-electron chi connectivity index (χ0n) is 11.8. The van der Waals surface area contributed by atoms with Crippen molar-refractivity contribution in [1.29, 1.82) is 0 Å². The van der Waals surface area contributed by atoms with Crippen LogP contribution in [0.4, 0.5) is 0 Å². The van der Waals surface area contributed by atoms with Crippen molar-refractivity contribution in [2.24, 2.45) is 0 Å². The first-order chi connectivity index (χ1) is 9.70. The zero-order chi connectivity index (χ0) is 14.1. The number of hydrogen-bond acceptors (Lipinski definition) is 3. The summed E-state index contributed by atoms with van der Waals surface area (Å²) in [6.07, 6.45) is 4.04. The SMILES string of the molecule is CCC1CN(C(=O)c2c(Br)nc3n2CCC3)CCCO1. The second-order valence-corrected chi connectivity index (χ2v) is 6.18. The number of aromatic nitrogens is 2. The summed E-state index contributed by atoms with van der Waals surface area (Å²) in [7, 11) is 0. The monoisotopic (exact) mass is 341 g/mol. The van der Waals surface area contributed by atoms with Crippen molar-refractivity contribution in [2.45, 2.75) is 45.3 Å². The molecule has 1 atom stereocenters. The highest BCUT2D eigenvalue weighted by atomic mass is 79.9. The molecule has 2 aliphatic rings. The molecule has 1 unspecified atom stereocenters. The van der Waals surface area contributed by atoms with E-state index in [1.165, 1.54) is 0 Å². The van der Waals surface area contributed by atoms with E-state index < -0.39 is 0 Å². The zero-order valence-corrected chi connectivity index (χ0v) is 13.4. The van der Waals surface area contributed by atoms with Crippen LogP contribution in [0.2, 0.25) is 0 Å². The van der Waals surface area contributed by atoms with Crippen molar-refractivity contribution < 1.29 is 9.53 Å². The number of amides is 1. The molecule has 6 heteroatoms. The predicted octanol–water partition coefficient (Wildman–Crippen LogP) is 2.23. The standard InChI is InChI=1S/C14H20BrN3O2/c1-2-10-9-17(6-4-8-20-10)14(19)12-13(15)16-11-5-3-7-18(11)12/h10H,2-9H2,1H3. The van der Waals surface area contributed by atoms with E-state index in [4.69, 9.17) is 4.74 Å². The minimum Gasteiger partial charge on any atom is -0.376 e. The first kappa shape index (κ1) is 14.1. The average molecular weight is 342 g/mol. The Kier molecular flexibility index (Phi) is 4.12. The normalized spacial score (nSPS) is 22.7. The van der Waals surface area contributed by atoms with Gasteiger partial charge in [-0.25, -0.2) is 4.98 Å². The minimum atomic E-state index is 0.0847. The third kappa shape index (κ3) is 2.51. The largest absolute Gasteiger partial charge is 0.376 e. The Hall–Kier alpha value is -0.880. The summed E-state index contributed by atoms with van der Waals surface area (Å²) in [5, 5.41) is 0. The molecule has 0 aromatic carbocycles. The lowest BCUT2D eigenvalue weighted by molar-refractivity contribution is 0.0455. The van der Waals surface area contributed by atoms with E-state index >= 15 is 0 Å². The lowest BCUT2D eigenvalue weighted by atomic mass is 10.2. The molecular weight excluding hydrogens is 322 g/mol. The highest BCUT2D eigenvalue weighted by Crippen LogP contribution is 2.26. The lowest BCUT2D eigenvalue weighted by Crippen LogP contribution is -2.37. The van der Waals surface area contributed by atoms with Gasteiger partial charge in [-0.15, -0.1) is 0 Å². The molecule has 1 fully saturated rings. The van der Waals surface area contributed by atoms with Gasteiger partial charge in [0.05, 0.1) is 6.10 Å². The number of hydrogen-bond donors (Lipinski definition) is 0. The van der Waals surface area contributed by atoms with Gasteiger partial charge < -0.3 is 14.2 Å². The maximum atomic E-state index is 12.8. The summed E-state index contributed by atoms with van der Waals surface area (Å²) in [5.74, 6) is 1.11. The molecule has 0 radical (unpaired) electrons. The molecule has 3 heterocycles. The van der Waals surface area contributed by atoms with E-state index in [1.807, 2.05) is 4.90 Å². The first-order valence-electron chi connectivity index (χ1n) is 7.36. The van der Waals surface area contributed by atoms with E-state index in [0.717, 1.165) is 51.2 Å². The summed E-state index contributed by atoms with van der Waals surface area (Å²) in [6, 6.07) is 0. The number of aryl methyl sites for hydroxylation is 1. The molecule has 0 aliphatic carbocycles. The van der Waals surface area contributed by atoms with Crippen LogP contribution in [0.3, 0.4) is 0 Å². The van der Waals surface area contributed by atoms with E-state index in [9.17, 15) is 4.79 Å².